The first kappa shape index (κ1) is 36.4. The van der Waals surface area contributed by atoms with E-state index in [9.17, 15) is 0 Å². The van der Waals surface area contributed by atoms with Gasteiger partial charge in [0.15, 0.2) is 5.84 Å². The van der Waals surface area contributed by atoms with E-state index in [1.165, 1.54) is 82.8 Å². The van der Waals surface area contributed by atoms with Crippen molar-refractivity contribution in [3.05, 3.63) is 165 Å². The molecule has 4 aliphatic rings. The van der Waals surface area contributed by atoms with Crippen LogP contribution in [0.1, 0.15) is 40.5 Å². The van der Waals surface area contributed by atoms with Crippen LogP contribution in [0.3, 0.4) is 0 Å². The minimum atomic E-state index is -0.0782. The summed E-state index contributed by atoms with van der Waals surface area (Å²) in [7, 11) is 16.0. The summed E-state index contributed by atoms with van der Waals surface area (Å²) in [6.45, 7) is 0.359. The molecule has 0 saturated carbocycles. The van der Waals surface area contributed by atoms with E-state index in [1.54, 1.807) is 0 Å². The molecule has 2 aliphatic heterocycles. The highest BCUT2D eigenvalue weighted by atomic mass is 16.5. The minimum Gasteiger partial charge on any atom is -0.486 e. The lowest BCUT2D eigenvalue weighted by atomic mass is 9.57. The van der Waals surface area contributed by atoms with Gasteiger partial charge in [-0.25, -0.2) is 9.98 Å². The Morgan fingerprint density at radius 2 is 1.43 bits per heavy atom. The van der Waals surface area contributed by atoms with E-state index in [2.05, 4.69) is 119 Å². The van der Waals surface area contributed by atoms with E-state index >= 15 is 0 Å². The Kier molecular flexibility index (Phi) is 8.70. The number of aliphatic imine (C=N–C) groups is 2. The normalized spacial score (nSPS) is 20.0. The molecule has 3 heterocycles. The first-order valence-electron chi connectivity index (χ1n) is 20.5. The molecule has 6 nitrogen and oxygen atoms in total. The van der Waals surface area contributed by atoms with Gasteiger partial charge < -0.3 is 19.9 Å². The molecule has 0 spiro atoms. The van der Waals surface area contributed by atoms with Gasteiger partial charge in [0, 0.05) is 45.1 Å². The molecule has 274 valence electrons. The van der Waals surface area contributed by atoms with Crippen molar-refractivity contribution in [1.82, 2.24) is 4.57 Å². The number of nitrogens with zero attached hydrogens (tertiary/aromatic N) is 4. The zero-order valence-electron chi connectivity index (χ0n) is 34.4. The van der Waals surface area contributed by atoms with Crippen LogP contribution in [0.4, 0.5) is 5.69 Å². The average molecular weight is 745 g/mol. The zero-order chi connectivity index (χ0) is 40.0. The van der Waals surface area contributed by atoms with Crippen LogP contribution in [-0.4, -0.2) is 77.3 Å². The van der Waals surface area contributed by atoms with E-state index in [0.29, 0.717) is 18.3 Å². The average Bonchev–Trinajstić information content (AvgIpc) is 3.92. The number of hydrogen-bond donors (Lipinski definition) is 1. The predicted octanol–water partition coefficient (Wildman–Crippen LogP) is -0.734. The molecule has 2 N–H and O–H groups in total. The standard InChI is InChI=1S/C45H42B7N5O/c46-32-30-31-33(47)36(50)41(38(52)43(31)58-42(30)37(51)35(49)34(32)48)57-29-18-10-8-16-25(29)27-20-19-26-24-15-7-9-17-28(24)56(39(26)40(27)57)21-54-45(23-13-5-2-6-14-23)55-44(53)22-11-3-1-4-12-22/h1-15,17-20,25,31,43H,16,21,46-52H2,(H2,53,54,55). The fourth-order valence-electron chi connectivity index (χ4n) is 10.2. The second-order valence-corrected chi connectivity index (χ2v) is 16.4. The molecule has 58 heavy (non-hydrogen) atoms. The van der Waals surface area contributed by atoms with Crippen LogP contribution >= 0.6 is 0 Å². The summed E-state index contributed by atoms with van der Waals surface area (Å²) in [6, 6.07) is 33.5. The second kappa shape index (κ2) is 13.9. The molecule has 3 unspecified atom stereocenters. The highest BCUT2D eigenvalue weighted by Gasteiger charge is 2.46. The van der Waals surface area contributed by atoms with Crippen LogP contribution in [0.25, 0.3) is 21.8 Å². The lowest BCUT2D eigenvalue weighted by Crippen LogP contribution is -2.49. The fraction of sp³-hybridized carbons (Fsp3) is 0.111. The molecule has 1 aromatic heterocycles. The number of aromatic nitrogens is 1. The summed E-state index contributed by atoms with van der Waals surface area (Å²) < 4.78 is 9.53. The summed E-state index contributed by atoms with van der Waals surface area (Å²) in [5, 5.41) is 2.41. The third-order valence-electron chi connectivity index (χ3n) is 13.6. The molecule has 0 saturated heterocycles. The first-order chi connectivity index (χ1) is 28.2. The highest BCUT2D eigenvalue weighted by molar-refractivity contribution is 6.63. The first-order valence-corrected chi connectivity index (χ1v) is 20.5. The Morgan fingerprint density at radius 3 is 2.19 bits per heavy atom. The van der Waals surface area contributed by atoms with Gasteiger partial charge in [0.25, 0.3) is 0 Å². The minimum absolute atomic E-state index is 0.0782. The Hall–Kier alpha value is -5.95. The number of hydrogen-bond acceptors (Lipinski definition) is 3. The topological polar surface area (TPSA) is 68.1 Å². The van der Waals surface area contributed by atoms with Gasteiger partial charge in [-0.2, -0.15) is 0 Å². The van der Waals surface area contributed by atoms with Gasteiger partial charge in [0.05, 0.1) is 16.7 Å². The van der Waals surface area contributed by atoms with E-state index in [0.717, 1.165) is 28.8 Å². The quantitative estimate of drug-likeness (QED) is 0.144. The van der Waals surface area contributed by atoms with Gasteiger partial charge in [-0.05, 0) is 35.2 Å². The molecule has 10 rings (SSSR count). The molecule has 13 heteroatoms. The SMILES string of the molecule is BC1=C(B)C2c3c(B)c(B)c(B)c(B)c3OC2C(B)=C1N1C2=CC=CCC2c2ccc3c4ccccc4n(C/N=C(\N=C(/N)c4ccccc4)c4ccccc4)c3c21. The van der Waals surface area contributed by atoms with E-state index < -0.39 is 0 Å². The molecule has 6 aromatic rings. The summed E-state index contributed by atoms with van der Waals surface area (Å²) in [5.41, 5.74) is 26.5. The Labute approximate surface area is 346 Å². The van der Waals surface area contributed by atoms with Crippen LogP contribution < -0.4 is 37.2 Å². The molecule has 0 radical (unpaired) electrons. The maximum absolute atomic E-state index is 7.14. The zero-order valence-corrected chi connectivity index (χ0v) is 34.4. The summed E-state index contributed by atoms with van der Waals surface area (Å²) in [5.74, 6) is 2.53. The molecular weight excluding hydrogens is 702 g/mol. The van der Waals surface area contributed by atoms with Gasteiger partial charge in [0.2, 0.25) is 0 Å². The Balaban J connectivity index is 1.19. The lowest BCUT2D eigenvalue weighted by Gasteiger charge is -2.38. The molecule has 3 atom stereocenters. The van der Waals surface area contributed by atoms with Gasteiger partial charge in [0.1, 0.15) is 79.3 Å². The largest absolute Gasteiger partial charge is 0.486 e. The van der Waals surface area contributed by atoms with Crippen LogP contribution in [-0.2, 0) is 6.67 Å². The van der Waals surface area contributed by atoms with Gasteiger partial charge in [-0.1, -0.05) is 125 Å². The molecular formula is C45H42B7N5O. The van der Waals surface area contributed by atoms with Crippen LogP contribution in [0, 0.1) is 0 Å². The number of ether oxygens (including phenoxy) is 1. The van der Waals surface area contributed by atoms with E-state index in [-0.39, 0.29) is 17.9 Å². The number of nitrogens with two attached hydrogens (primary N) is 1. The maximum Gasteiger partial charge on any atom is 0.158 e. The summed E-state index contributed by atoms with van der Waals surface area (Å²) >= 11 is 0. The van der Waals surface area contributed by atoms with Crippen molar-refractivity contribution >= 4 is 116 Å². The fourth-order valence-corrected chi connectivity index (χ4v) is 10.2. The number of amidine groups is 2. The molecule has 0 amide bonds. The molecule has 2 aliphatic carbocycles. The summed E-state index contributed by atoms with van der Waals surface area (Å²) in [4.78, 5) is 12.9. The van der Waals surface area contributed by atoms with Crippen molar-refractivity contribution in [1.29, 1.82) is 0 Å². The monoisotopic (exact) mass is 745 g/mol. The third kappa shape index (κ3) is 5.35. The number of allylic oxidation sites excluding steroid dienone is 5. The number of anilines is 1. The maximum atomic E-state index is 7.14. The molecule has 0 bridgehead atoms. The smallest absolute Gasteiger partial charge is 0.158 e. The molecule has 5 aromatic carbocycles. The molecule has 0 fully saturated rings. The van der Waals surface area contributed by atoms with Gasteiger partial charge in [-0.3, -0.25) is 0 Å². The lowest BCUT2D eigenvalue weighted by molar-refractivity contribution is 0.262. The number of fused-ring (bicyclic) bond motifs is 10. The number of rotatable bonds is 5. The highest BCUT2D eigenvalue weighted by Crippen LogP contribution is 2.56. The Bertz CT molecular complexity index is 2930. The van der Waals surface area contributed by atoms with Crippen LogP contribution in [0.15, 0.2) is 153 Å². The Morgan fingerprint density at radius 1 is 0.741 bits per heavy atom. The summed E-state index contributed by atoms with van der Waals surface area (Å²) in [6.07, 6.45) is 7.75. The second-order valence-electron chi connectivity index (χ2n) is 16.4. The van der Waals surface area contributed by atoms with Crippen molar-refractivity contribution in [2.24, 2.45) is 15.7 Å². The van der Waals surface area contributed by atoms with Crippen LogP contribution in [0.2, 0.25) is 0 Å². The van der Waals surface area contributed by atoms with Crippen molar-refractivity contribution < 1.29 is 4.74 Å². The number of benzene rings is 5. The third-order valence-corrected chi connectivity index (χ3v) is 13.6. The van der Waals surface area contributed by atoms with Crippen molar-refractivity contribution in [3.8, 4) is 5.75 Å². The van der Waals surface area contributed by atoms with E-state index in [1.807, 2.05) is 60.7 Å². The van der Waals surface area contributed by atoms with Crippen molar-refractivity contribution in [2.45, 2.75) is 31.0 Å². The predicted molar refractivity (Wildman–Crippen MR) is 263 cm³/mol. The van der Waals surface area contributed by atoms with Crippen molar-refractivity contribution in [2.75, 3.05) is 4.90 Å². The number of para-hydroxylation sites is 1. The van der Waals surface area contributed by atoms with Gasteiger partial charge >= 0.3 is 0 Å². The van der Waals surface area contributed by atoms with Crippen molar-refractivity contribution in [3.63, 3.8) is 0 Å². The van der Waals surface area contributed by atoms with Gasteiger partial charge in [-0.15, -0.1) is 10.9 Å². The van der Waals surface area contributed by atoms with Crippen LogP contribution in [0.5, 0.6) is 5.75 Å². The van der Waals surface area contributed by atoms with E-state index in [4.69, 9.17) is 20.5 Å².